The highest BCUT2D eigenvalue weighted by atomic mass is 16.6. The normalized spacial score (nSPS) is 14.0. The molecule has 8 heteroatoms. The highest BCUT2D eigenvalue weighted by Gasteiger charge is 2.32. The Hall–Kier alpha value is -4.04. The van der Waals surface area contributed by atoms with Crippen molar-refractivity contribution in [2.24, 2.45) is 0 Å². The monoisotopic (exact) mass is 472 g/mol. The van der Waals surface area contributed by atoms with Gasteiger partial charge in [-0.1, -0.05) is 18.2 Å². The molecule has 4 aromatic rings. The summed E-state index contributed by atoms with van der Waals surface area (Å²) >= 11 is 0. The van der Waals surface area contributed by atoms with E-state index in [0.717, 1.165) is 17.4 Å². The Bertz CT molecular complexity index is 1500. The lowest BCUT2D eigenvalue weighted by Gasteiger charge is -2.27. The number of nitro groups is 1. The minimum atomic E-state index is -1.30. The molecule has 1 atom stereocenters. The molecule has 8 nitrogen and oxygen atoms in total. The summed E-state index contributed by atoms with van der Waals surface area (Å²) in [7, 11) is 0. The van der Waals surface area contributed by atoms with Gasteiger partial charge in [0.2, 0.25) is 0 Å². The van der Waals surface area contributed by atoms with Gasteiger partial charge in [0.05, 0.1) is 28.0 Å². The molecule has 35 heavy (non-hydrogen) atoms. The van der Waals surface area contributed by atoms with Gasteiger partial charge < -0.3 is 14.6 Å². The molecule has 0 unspecified atom stereocenters. The molecule has 1 aliphatic heterocycles. The number of carbonyl (C=O) groups is 1. The van der Waals surface area contributed by atoms with Crippen LogP contribution < -0.4 is 4.74 Å². The van der Waals surface area contributed by atoms with Gasteiger partial charge in [-0.3, -0.25) is 15.1 Å². The summed E-state index contributed by atoms with van der Waals surface area (Å²) in [5, 5.41) is 23.8. The molecule has 0 aliphatic carbocycles. The number of aromatic nitrogens is 1. The van der Waals surface area contributed by atoms with E-state index in [-0.39, 0.29) is 5.69 Å². The minimum Gasteiger partial charge on any atom is -0.493 e. The summed E-state index contributed by atoms with van der Waals surface area (Å²) in [6.07, 6.45) is 1.16. The zero-order chi connectivity index (χ0) is 24.9. The number of carboxylic acid groups (broad SMARTS) is 1. The van der Waals surface area contributed by atoms with Gasteiger partial charge in [0.25, 0.3) is 5.69 Å². The van der Waals surface area contributed by atoms with E-state index >= 15 is 0 Å². The largest absolute Gasteiger partial charge is 0.493 e. The van der Waals surface area contributed by atoms with Crippen molar-refractivity contribution < 1.29 is 24.3 Å². The van der Waals surface area contributed by atoms with Crippen molar-refractivity contribution in [3.63, 3.8) is 0 Å². The number of aliphatic carboxylic acids is 1. The third-order valence-corrected chi connectivity index (χ3v) is 6.08. The standard InChI is InChI=1S/C27H24N2O6/c1-27(2,3)35-25(26(30)31)19-8-7-16-17(5-4-6-20(16)29(32)33)23(19)18-9-10-21-22-15(12-14-34-21)11-13-28-24(18)22/h4-11,13,25H,12,14H2,1-3H3,(H,30,31)/t25-/m0/s1. The van der Waals surface area contributed by atoms with Crippen molar-refractivity contribution in [1.29, 1.82) is 0 Å². The number of fused-ring (bicyclic) bond motifs is 1. The van der Waals surface area contributed by atoms with Crippen molar-refractivity contribution in [2.45, 2.75) is 38.9 Å². The predicted octanol–water partition coefficient (Wildman–Crippen LogP) is 5.84. The molecule has 0 fully saturated rings. The molecule has 0 saturated heterocycles. The van der Waals surface area contributed by atoms with Crippen LogP contribution in [0.2, 0.25) is 0 Å². The minimum absolute atomic E-state index is 0.0575. The number of nitrogens with zero attached hydrogens (tertiary/aromatic N) is 2. The first kappa shape index (κ1) is 22.7. The van der Waals surface area contributed by atoms with Gasteiger partial charge >= 0.3 is 5.97 Å². The van der Waals surface area contributed by atoms with Crippen LogP contribution in [0, 0.1) is 10.1 Å². The summed E-state index contributed by atoms with van der Waals surface area (Å²) in [4.78, 5) is 28.4. The number of nitro benzene ring substituents is 1. The Labute approximate surface area is 201 Å². The van der Waals surface area contributed by atoms with E-state index in [1.54, 1.807) is 51.2 Å². The van der Waals surface area contributed by atoms with E-state index in [2.05, 4.69) is 4.98 Å². The molecule has 0 amide bonds. The Morgan fingerprint density at radius 2 is 1.94 bits per heavy atom. The smallest absolute Gasteiger partial charge is 0.337 e. The van der Waals surface area contributed by atoms with Gasteiger partial charge in [0.1, 0.15) is 5.75 Å². The van der Waals surface area contributed by atoms with Crippen LogP contribution in [0.4, 0.5) is 5.69 Å². The summed E-state index contributed by atoms with van der Waals surface area (Å²) in [6.45, 7) is 5.93. The fourth-order valence-corrected chi connectivity index (χ4v) is 4.74. The maximum Gasteiger partial charge on any atom is 0.337 e. The van der Waals surface area contributed by atoms with Gasteiger partial charge in [-0.2, -0.15) is 0 Å². The summed E-state index contributed by atoms with van der Waals surface area (Å²) in [6, 6.07) is 13.7. The number of benzene rings is 3. The Kier molecular flexibility index (Phi) is 5.40. The molecule has 2 heterocycles. The molecule has 0 spiro atoms. The third-order valence-electron chi connectivity index (χ3n) is 6.08. The van der Waals surface area contributed by atoms with Crippen molar-refractivity contribution in [1.82, 2.24) is 4.98 Å². The molecule has 0 saturated carbocycles. The first-order valence-electron chi connectivity index (χ1n) is 11.3. The lowest BCUT2D eigenvalue weighted by Crippen LogP contribution is -2.27. The predicted molar refractivity (Wildman–Crippen MR) is 132 cm³/mol. The lowest BCUT2D eigenvalue weighted by molar-refractivity contribution is -0.383. The lowest BCUT2D eigenvalue weighted by atomic mass is 9.87. The first-order chi connectivity index (χ1) is 16.7. The van der Waals surface area contributed by atoms with Crippen LogP contribution in [0.1, 0.15) is 38.0 Å². The van der Waals surface area contributed by atoms with E-state index in [1.165, 1.54) is 6.07 Å². The van der Waals surface area contributed by atoms with Crippen LogP contribution in [-0.4, -0.2) is 33.2 Å². The van der Waals surface area contributed by atoms with Gasteiger partial charge in [-0.15, -0.1) is 0 Å². The summed E-state index contributed by atoms with van der Waals surface area (Å²) in [5.41, 5.74) is 2.55. The molecule has 0 bridgehead atoms. The van der Waals surface area contributed by atoms with E-state index in [4.69, 9.17) is 9.47 Å². The summed E-state index contributed by atoms with van der Waals surface area (Å²) < 4.78 is 11.8. The molecule has 1 N–H and O–H groups in total. The number of rotatable bonds is 5. The van der Waals surface area contributed by atoms with Gasteiger partial charge in [0.15, 0.2) is 6.10 Å². The van der Waals surface area contributed by atoms with Crippen molar-refractivity contribution in [3.05, 3.63) is 76.0 Å². The van der Waals surface area contributed by atoms with Crippen molar-refractivity contribution in [2.75, 3.05) is 6.61 Å². The maximum absolute atomic E-state index is 12.4. The number of non-ortho nitro benzene ring substituents is 1. The average Bonchev–Trinajstić information content (AvgIpc) is 2.81. The molecule has 1 aromatic heterocycles. The van der Waals surface area contributed by atoms with E-state index in [1.807, 2.05) is 18.2 Å². The second-order valence-corrected chi connectivity index (χ2v) is 9.51. The summed E-state index contributed by atoms with van der Waals surface area (Å²) in [5.74, 6) is -0.434. The molecule has 5 rings (SSSR count). The van der Waals surface area contributed by atoms with Crippen LogP contribution in [0.3, 0.4) is 0 Å². The van der Waals surface area contributed by atoms with Crippen LogP contribution in [0.25, 0.3) is 32.8 Å². The number of pyridine rings is 1. The Morgan fingerprint density at radius 1 is 1.14 bits per heavy atom. The fraction of sp³-hybridized carbons (Fsp3) is 0.259. The average molecular weight is 472 g/mol. The van der Waals surface area contributed by atoms with Gasteiger partial charge in [-0.05, 0) is 61.5 Å². The van der Waals surface area contributed by atoms with Crippen LogP contribution in [0.15, 0.2) is 54.7 Å². The number of ether oxygens (including phenoxy) is 2. The molecule has 0 radical (unpaired) electrons. The van der Waals surface area contributed by atoms with Gasteiger partial charge in [0, 0.05) is 35.2 Å². The van der Waals surface area contributed by atoms with E-state index < -0.39 is 22.6 Å². The Balaban J connectivity index is 1.91. The van der Waals surface area contributed by atoms with E-state index in [9.17, 15) is 20.0 Å². The van der Waals surface area contributed by atoms with Gasteiger partial charge in [-0.25, -0.2) is 4.79 Å². The number of carboxylic acids is 1. The topological polar surface area (TPSA) is 112 Å². The highest BCUT2D eigenvalue weighted by molar-refractivity contribution is 6.10. The molecular formula is C27H24N2O6. The zero-order valence-corrected chi connectivity index (χ0v) is 19.6. The van der Waals surface area contributed by atoms with Crippen LogP contribution in [-0.2, 0) is 16.0 Å². The second-order valence-electron chi connectivity index (χ2n) is 9.51. The molecule has 3 aromatic carbocycles. The zero-order valence-electron chi connectivity index (χ0n) is 19.6. The van der Waals surface area contributed by atoms with Crippen molar-refractivity contribution >= 4 is 33.3 Å². The number of hydrogen-bond acceptors (Lipinski definition) is 6. The quantitative estimate of drug-likeness (QED) is 0.287. The highest BCUT2D eigenvalue weighted by Crippen LogP contribution is 2.45. The van der Waals surface area contributed by atoms with Crippen molar-refractivity contribution in [3.8, 4) is 16.9 Å². The SMILES string of the molecule is CC(C)(C)O[C@H](C(=O)O)c1ccc2c([N+](=O)[O-])cccc2c1-c1ccc2c3c(ccnc13)CCO2. The second kappa shape index (κ2) is 8.32. The fourth-order valence-electron chi connectivity index (χ4n) is 4.74. The third kappa shape index (κ3) is 3.95. The molecule has 1 aliphatic rings. The first-order valence-corrected chi connectivity index (χ1v) is 11.3. The number of hydrogen-bond donors (Lipinski definition) is 1. The molecule has 178 valence electrons. The molecular weight excluding hydrogens is 448 g/mol. The Morgan fingerprint density at radius 3 is 2.66 bits per heavy atom. The van der Waals surface area contributed by atoms with Crippen LogP contribution >= 0.6 is 0 Å². The van der Waals surface area contributed by atoms with E-state index in [0.29, 0.717) is 45.3 Å². The van der Waals surface area contributed by atoms with Crippen LogP contribution in [0.5, 0.6) is 5.75 Å². The maximum atomic E-state index is 12.4.